The Balaban J connectivity index is 1.65. The molecule has 0 aromatic carbocycles. The van der Waals surface area contributed by atoms with Crippen molar-refractivity contribution in [1.82, 2.24) is 19.9 Å². The van der Waals surface area contributed by atoms with Gasteiger partial charge in [-0.05, 0) is 19.9 Å². The molecular formula is C16H19N5O2. The Morgan fingerprint density at radius 1 is 1.39 bits per heavy atom. The maximum atomic E-state index is 12.1. The van der Waals surface area contributed by atoms with Gasteiger partial charge in [0.1, 0.15) is 11.4 Å². The SMILES string of the molecule is CCc1onc(C)c1CNC(=O)Nc1ccn2cc(C)nc2c1. The molecule has 3 aromatic rings. The first-order valence-electron chi connectivity index (χ1n) is 7.51. The Kier molecular flexibility index (Phi) is 4.01. The first kappa shape index (κ1) is 15.1. The summed E-state index contributed by atoms with van der Waals surface area (Å²) >= 11 is 0. The van der Waals surface area contributed by atoms with Gasteiger partial charge in [-0.2, -0.15) is 0 Å². The predicted molar refractivity (Wildman–Crippen MR) is 86.4 cm³/mol. The monoisotopic (exact) mass is 313 g/mol. The van der Waals surface area contributed by atoms with Crippen LogP contribution in [0.4, 0.5) is 10.5 Å². The number of amides is 2. The number of anilines is 1. The topological polar surface area (TPSA) is 84.5 Å². The van der Waals surface area contributed by atoms with Gasteiger partial charge in [-0.1, -0.05) is 12.1 Å². The lowest BCUT2D eigenvalue weighted by Crippen LogP contribution is -2.28. The molecule has 0 unspecified atom stereocenters. The molecule has 0 aliphatic heterocycles. The maximum Gasteiger partial charge on any atom is 0.319 e. The van der Waals surface area contributed by atoms with Crippen LogP contribution in [0.15, 0.2) is 29.0 Å². The Bertz CT molecular complexity index is 849. The third-order valence-corrected chi connectivity index (χ3v) is 3.65. The molecule has 3 heterocycles. The Hall–Kier alpha value is -2.83. The van der Waals surface area contributed by atoms with E-state index in [-0.39, 0.29) is 6.03 Å². The molecule has 7 nitrogen and oxygen atoms in total. The summed E-state index contributed by atoms with van der Waals surface area (Å²) in [6.45, 7) is 6.17. The van der Waals surface area contributed by atoms with Gasteiger partial charge < -0.3 is 19.6 Å². The molecule has 23 heavy (non-hydrogen) atoms. The third-order valence-electron chi connectivity index (χ3n) is 3.65. The van der Waals surface area contributed by atoms with Crippen LogP contribution in [0.5, 0.6) is 0 Å². The van der Waals surface area contributed by atoms with Gasteiger partial charge in [0.15, 0.2) is 0 Å². The van der Waals surface area contributed by atoms with Gasteiger partial charge in [0.25, 0.3) is 0 Å². The van der Waals surface area contributed by atoms with Crippen LogP contribution >= 0.6 is 0 Å². The van der Waals surface area contributed by atoms with Crippen molar-refractivity contribution in [1.29, 1.82) is 0 Å². The second-order valence-corrected chi connectivity index (χ2v) is 5.39. The molecule has 3 rings (SSSR count). The molecule has 7 heteroatoms. The lowest BCUT2D eigenvalue weighted by Gasteiger charge is -2.08. The number of carbonyl (C=O) groups excluding carboxylic acids is 1. The Morgan fingerprint density at radius 2 is 2.22 bits per heavy atom. The Morgan fingerprint density at radius 3 is 3.00 bits per heavy atom. The van der Waals surface area contributed by atoms with Crippen molar-refractivity contribution in [3.8, 4) is 0 Å². The summed E-state index contributed by atoms with van der Waals surface area (Å²) in [7, 11) is 0. The number of urea groups is 1. The third kappa shape index (κ3) is 3.18. The zero-order valence-electron chi connectivity index (χ0n) is 13.4. The van der Waals surface area contributed by atoms with E-state index in [1.165, 1.54) is 0 Å². The molecule has 0 aliphatic carbocycles. The Labute approximate surface area is 133 Å². The number of aromatic nitrogens is 3. The van der Waals surface area contributed by atoms with Crippen molar-refractivity contribution in [2.75, 3.05) is 5.32 Å². The van der Waals surface area contributed by atoms with E-state index in [2.05, 4.69) is 20.8 Å². The quantitative estimate of drug-likeness (QED) is 0.775. The van der Waals surface area contributed by atoms with E-state index in [0.717, 1.165) is 34.8 Å². The summed E-state index contributed by atoms with van der Waals surface area (Å²) in [4.78, 5) is 16.4. The van der Waals surface area contributed by atoms with E-state index in [4.69, 9.17) is 4.52 Å². The average Bonchev–Trinajstić information content (AvgIpc) is 3.06. The van der Waals surface area contributed by atoms with E-state index in [0.29, 0.717) is 12.2 Å². The number of aryl methyl sites for hydroxylation is 3. The van der Waals surface area contributed by atoms with E-state index < -0.39 is 0 Å². The molecule has 0 radical (unpaired) electrons. The molecule has 0 bridgehead atoms. The van der Waals surface area contributed by atoms with Crippen LogP contribution in [0, 0.1) is 13.8 Å². The fraction of sp³-hybridized carbons (Fsp3) is 0.312. The van der Waals surface area contributed by atoms with Crippen LogP contribution in [-0.2, 0) is 13.0 Å². The molecule has 0 saturated carbocycles. The van der Waals surface area contributed by atoms with Gasteiger partial charge in [-0.15, -0.1) is 0 Å². The highest BCUT2D eigenvalue weighted by Gasteiger charge is 2.12. The second-order valence-electron chi connectivity index (χ2n) is 5.39. The first-order chi connectivity index (χ1) is 11.1. The zero-order valence-corrected chi connectivity index (χ0v) is 13.4. The number of nitrogens with zero attached hydrogens (tertiary/aromatic N) is 3. The highest BCUT2D eigenvalue weighted by Crippen LogP contribution is 2.14. The van der Waals surface area contributed by atoms with Crippen molar-refractivity contribution in [3.05, 3.63) is 47.2 Å². The standard InChI is InChI=1S/C16H19N5O2/c1-4-14-13(11(3)20-23-14)8-17-16(22)19-12-5-6-21-9-10(2)18-15(21)7-12/h5-7,9H,4,8H2,1-3H3,(H2,17,19,22). The smallest absolute Gasteiger partial charge is 0.319 e. The van der Waals surface area contributed by atoms with Crippen LogP contribution in [0.3, 0.4) is 0 Å². The zero-order chi connectivity index (χ0) is 16.4. The normalized spacial score (nSPS) is 10.9. The molecular weight excluding hydrogens is 294 g/mol. The number of imidazole rings is 1. The average molecular weight is 313 g/mol. The van der Waals surface area contributed by atoms with E-state index in [1.807, 2.05) is 49.7 Å². The number of hydrogen-bond acceptors (Lipinski definition) is 4. The number of carbonyl (C=O) groups is 1. The summed E-state index contributed by atoms with van der Waals surface area (Å²) in [5, 5.41) is 9.56. The molecule has 2 N–H and O–H groups in total. The van der Waals surface area contributed by atoms with Gasteiger partial charge >= 0.3 is 6.03 Å². The minimum Gasteiger partial charge on any atom is -0.361 e. The fourth-order valence-corrected chi connectivity index (χ4v) is 2.47. The minimum atomic E-state index is -0.278. The van der Waals surface area contributed by atoms with E-state index in [1.54, 1.807) is 0 Å². The van der Waals surface area contributed by atoms with Crippen molar-refractivity contribution < 1.29 is 9.32 Å². The highest BCUT2D eigenvalue weighted by atomic mass is 16.5. The summed E-state index contributed by atoms with van der Waals surface area (Å²) in [5.41, 5.74) is 4.15. The lowest BCUT2D eigenvalue weighted by molar-refractivity contribution is 0.251. The molecule has 3 aromatic heterocycles. The summed E-state index contributed by atoms with van der Waals surface area (Å²) in [5.74, 6) is 0.803. The van der Waals surface area contributed by atoms with Crippen LogP contribution in [0.25, 0.3) is 5.65 Å². The summed E-state index contributed by atoms with van der Waals surface area (Å²) in [6.07, 6.45) is 4.54. The van der Waals surface area contributed by atoms with Crippen molar-refractivity contribution >= 4 is 17.4 Å². The van der Waals surface area contributed by atoms with Crippen LogP contribution in [0.2, 0.25) is 0 Å². The predicted octanol–water partition coefficient (Wildman–Crippen LogP) is 2.82. The van der Waals surface area contributed by atoms with E-state index >= 15 is 0 Å². The number of nitrogens with one attached hydrogen (secondary N) is 2. The van der Waals surface area contributed by atoms with Gasteiger partial charge in [0, 0.05) is 42.7 Å². The van der Waals surface area contributed by atoms with Crippen molar-refractivity contribution in [2.45, 2.75) is 33.7 Å². The highest BCUT2D eigenvalue weighted by molar-refractivity contribution is 5.89. The fourth-order valence-electron chi connectivity index (χ4n) is 2.47. The molecule has 0 spiro atoms. The number of hydrogen-bond donors (Lipinski definition) is 2. The van der Waals surface area contributed by atoms with Crippen LogP contribution < -0.4 is 10.6 Å². The van der Waals surface area contributed by atoms with Crippen molar-refractivity contribution in [3.63, 3.8) is 0 Å². The molecule has 2 amide bonds. The van der Waals surface area contributed by atoms with Crippen molar-refractivity contribution in [2.24, 2.45) is 0 Å². The molecule has 120 valence electrons. The van der Waals surface area contributed by atoms with Gasteiger partial charge in [-0.3, -0.25) is 0 Å². The van der Waals surface area contributed by atoms with Gasteiger partial charge in [0.2, 0.25) is 0 Å². The lowest BCUT2D eigenvalue weighted by atomic mass is 10.1. The summed E-state index contributed by atoms with van der Waals surface area (Å²) in [6, 6.07) is 3.38. The van der Waals surface area contributed by atoms with E-state index in [9.17, 15) is 4.79 Å². The molecule has 0 atom stereocenters. The molecule has 0 fully saturated rings. The number of fused-ring (bicyclic) bond motifs is 1. The van der Waals surface area contributed by atoms with Gasteiger partial charge in [-0.25, -0.2) is 9.78 Å². The largest absolute Gasteiger partial charge is 0.361 e. The molecule has 0 saturated heterocycles. The van der Waals surface area contributed by atoms with Gasteiger partial charge in [0.05, 0.1) is 11.4 Å². The number of pyridine rings is 1. The molecule has 0 aliphatic rings. The minimum absolute atomic E-state index is 0.278. The van der Waals surface area contributed by atoms with Crippen LogP contribution in [-0.4, -0.2) is 20.6 Å². The van der Waals surface area contributed by atoms with Crippen LogP contribution in [0.1, 0.15) is 29.6 Å². The summed E-state index contributed by atoms with van der Waals surface area (Å²) < 4.78 is 7.12. The second kappa shape index (κ2) is 6.12. The first-order valence-corrected chi connectivity index (χ1v) is 7.51. The number of rotatable bonds is 4. The maximum absolute atomic E-state index is 12.1.